The lowest BCUT2D eigenvalue weighted by Crippen LogP contribution is -2.47. The fourth-order valence-corrected chi connectivity index (χ4v) is 3.23. The SMILES string of the molecule is COc1ccc(CC(C)(C)C2(O)CCCCC2)cc1.Cl. The molecule has 0 spiro atoms. The predicted octanol–water partition coefficient (Wildman–Crippen LogP) is 4.38. The number of ether oxygens (including phenoxy) is 1. The van der Waals surface area contributed by atoms with E-state index in [0.717, 1.165) is 37.9 Å². The van der Waals surface area contributed by atoms with Crippen LogP contribution in [0.4, 0.5) is 0 Å². The Morgan fingerprint density at radius 3 is 2.15 bits per heavy atom. The summed E-state index contributed by atoms with van der Waals surface area (Å²) >= 11 is 0. The van der Waals surface area contributed by atoms with Gasteiger partial charge in [0.15, 0.2) is 0 Å². The molecule has 1 aliphatic rings. The molecule has 0 bridgehead atoms. The van der Waals surface area contributed by atoms with Gasteiger partial charge in [0.2, 0.25) is 0 Å². The van der Waals surface area contributed by atoms with E-state index in [1.54, 1.807) is 7.11 Å². The second-order valence-electron chi connectivity index (χ2n) is 6.50. The van der Waals surface area contributed by atoms with Crippen LogP contribution in [-0.2, 0) is 6.42 Å². The maximum absolute atomic E-state index is 10.9. The van der Waals surface area contributed by atoms with Crippen LogP contribution < -0.4 is 4.74 Å². The summed E-state index contributed by atoms with van der Waals surface area (Å²) < 4.78 is 5.19. The summed E-state index contributed by atoms with van der Waals surface area (Å²) in [5.74, 6) is 0.887. The Balaban J connectivity index is 0.00000200. The lowest BCUT2D eigenvalue weighted by atomic mass is 9.64. The van der Waals surface area contributed by atoms with Crippen molar-refractivity contribution in [2.24, 2.45) is 5.41 Å². The normalized spacial score (nSPS) is 18.2. The van der Waals surface area contributed by atoms with Gasteiger partial charge in [-0.1, -0.05) is 45.2 Å². The molecule has 1 fully saturated rings. The average Bonchev–Trinajstić information content (AvgIpc) is 2.40. The van der Waals surface area contributed by atoms with Crippen molar-refractivity contribution >= 4 is 12.4 Å². The van der Waals surface area contributed by atoms with Gasteiger partial charge in [0.05, 0.1) is 12.7 Å². The first-order valence-corrected chi connectivity index (χ1v) is 7.32. The number of benzene rings is 1. The molecule has 0 heterocycles. The van der Waals surface area contributed by atoms with Crippen LogP contribution in [0.25, 0.3) is 0 Å². The highest BCUT2D eigenvalue weighted by atomic mass is 35.5. The van der Waals surface area contributed by atoms with E-state index >= 15 is 0 Å². The minimum absolute atomic E-state index is 0. The van der Waals surface area contributed by atoms with Crippen LogP contribution in [-0.4, -0.2) is 17.8 Å². The van der Waals surface area contributed by atoms with Crippen molar-refractivity contribution in [2.75, 3.05) is 7.11 Å². The maximum Gasteiger partial charge on any atom is 0.118 e. The van der Waals surface area contributed by atoms with Gasteiger partial charge >= 0.3 is 0 Å². The number of hydrogen-bond acceptors (Lipinski definition) is 2. The lowest BCUT2D eigenvalue weighted by Gasteiger charge is -2.45. The highest BCUT2D eigenvalue weighted by molar-refractivity contribution is 5.85. The average molecular weight is 299 g/mol. The van der Waals surface area contributed by atoms with Crippen LogP contribution in [0.1, 0.15) is 51.5 Å². The van der Waals surface area contributed by atoms with Gasteiger partial charge in [-0.3, -0.25) is 0 Å². The Morgan fingerprint density at radius 2 is 1.65 bits per heavy atom. The molecule has 1 aromatic carbocycles. The lowest BCUT2D eigenvalue weighted by molar-refractivity contribution is -0.0928. The van der Waals surface area contributed by atoms with E-state index in [1.807, 2.05) is 12.1 Å². The van der Waals surface area contributed by atoms with E-state index in [0.29, 0.717) is 0 Å². The molecule has 1 aromatic rings. The molecule has 2 rings (SSSR count). The number of aliphatic hydroxyl groups is 1. The third-order valence-electron chi connectivity index (χ3n) is 4.75. The Labute approximate surface area is 129 Å². The molecule has 3 heteroatoms. The Bertz CT molecular complexity index is 406. The van der Waals surface area contributed by atoms with Crippen molar-refractivity contribution in [2.45, 2.75) is 58.0 Å². The molecule has 114 valence electrons. The maximum atomic E-state index is 10.9. The summed E-state index contributed by atoms with van der Waals surface area (Å²) in [7, 11) is 1.68. The first-order chi connectivity index (χ1) is 8.97. The van der Waals surface area contributed by atoms with E-state index in [1.165, 1.54) is 12.0 Å². The third-order valence-corrected chi connectivity index (χ3v) is 4.75. The van der Waals surface area contributed by atoms with Gasteiger partial charge < -0.3 is 9.84 Å². The first-order valence-electron chi connectivity index (χ1n) is 7.32. The molecule has 0 amide bonds. The van der Waals surface area contributed by atoms with Crippen molar-refractivity contribution in [1.82, 2.24) is 0 Å². The van der Waals surface area contributed by atoms with Crippen molar-refractivity contribution in [3.63, 3.8) is 0 Å². The molecule has 0 atom stereocenters. The smallest absolute Gasteiger partial charge is 0.118 e. The molecular formula is C17H27ClO2. The van der Waals surface area contributed by atoms with Gasteiger partial charge in [-0.05, 0) is 42.4 Å². The van der Waals surface area contributed by atoms with Crippen LogP contribution in [0.15, 0.2) is 24.3 Å². The molecular weight excluding hydrogens is 272 g/mol. The molecule has 0 aromatic heterocycles. The Hall–Kier alpha value is -0.730. The quantitative estimate of drug-likeness (QED) is 0.894. The highest BCUT2D eigenvalue weighted by Gasteiger charge is 2.43. The zero-order valence-electron chi connectivity index (χ0n) is 12.8. The summed E-state index contributed by atoms with van der Waals surface area (Å²) in [4.78, 5) is 0. The second-order valence-corrected chi connectivity index (χ2v) is 6.50. The highest BCUT2D eigenvalue weighted by Crippen LogP contribution is 2.44. The molecule has 1 N–H and O–H groups in total. The number of methoxy groups -OCH3 is 1. The standard InChI is InChI=1S/C17H26O2.ClH/c1-16(2,17(18)11-5-4-6-12-17)13-14-7-9-15(19-3)10-8-14;/h7-10,18H,4-6,11-13H2,1-3H3;1H. The molecule has 2 nitrogen and oxygen atoms in total. The number of hydrogen-bond donors (Lipinski definition) is 1. The summed E-state index contributed by atoms with van der Waals surface area (Å²) in [5, 5.41) is 10.9. The summed E-state index contributed by atoms with van der Waals surface area (Å²) in [6.07, 6.45) is 6.37. The van der Waals surface area contributed by atoms with Crippen LogP contribution in [0.3, 0.4) is 0 Å². The largest absolute Gasteiger partial charge is 0.497 e. The van der Waals surface area contributed by atoms with Gasteiger partial charge in [-0.2, -0.15) is 0 Å². The van der Waals surface area contributed by atoms with Gasteiger partial charge in [0, 0.05) is 0 Å². The molecule has 20 heavy (non-hydrogen) atoms. The topological polar surface area (TPSA) is 29.5 Å². The van der Waals surface area contributed by atoms with Crippen LogP contribution >= 0.6 is 12.4 Å². The van der Waals surface area contributed by atoms with Crippen molar-refractivity contribution in [3.05, 3.63) is 29.8 Å². The van der Waals surface area contributed by atoms with Crippen molar-refractivity contribution in [3.8, 4) is 5.75 Å². The zero-order chi connectivity index (χ0) is 13.9. The van der Waals surface area contributed by atoms with Crippen LogP contribution in [0.2, 0.25) is 0 Å². The Morgan fingerprint density at radius 1 is 1.10 bits per heavy atom. The fraction of sp³-hybridized carbons (Fsp3) is 0.647. The predicted molar refractivity (Wildman–Crippen MR) is 85.8 cm³/mol. The fourth-order valence-electron chi connectivity index (χ4n) is 3.23. The summed E-state index contributed by atoms with van der Waals surface area (Å²) in [5.41, 5.74) is 0.678. The molecule has 1 aliphatic carbocycles. The third kappa shape index (κ3) is 3.67. The molecule has 0 unspecified atom stereocenters. The van der Waals surface area contributed by atoms with E-state index in [2.05, 4.69) is 26.0 Å². The van der Waals surface area contributed by atoms with E-state index in [-0.39, 0.29) is 17.8 Å². The molecule has 0 radical (unpaired) electrons. The molecule has 0 aliphatic heterocycles. The van der Waals surface area contributed by atoms with E-state index in [9.17, 15) is 5.11 Å². The first kappa shape index (κ1) is 17.3. The zero-order valence-corrected chi connectivity index (χ0v) is 13.6. The van der Waals surface area contributed by atoms with Gasteiger partial charge in [0.1, 0.15) is 5.75 Å². The molecule has 1 saturated carbocycles. The minimum Gasteiger partial charge on any atom is -0.497 e. The second kappa shape index (κ2) is 6.82. The van der Waals surface area contributed by atoms with Gasteiger partial charge in [-0.25, -0.2) is 0 Å². The molecule has 0 saturated heterocycles. The van der Waals surface area contributed by atoms with Crippen molar-refractivity contribution in [1.29, 1.82) is 0 Å². The van der Waals surface area contributed by atoms with Gasteiger partial charge in [-0.15, -0.1) is 12.4 Å². The minimum atomic E-state index is -0.509. The van der Waals surface area contributed by atoms with Gasteiger partial charge in [0.25, 0.3) is 0 Å². The van der Waals surface area contributed by atoms with Crippen LogP contribution in [0.5, 0.6) is 5.75 Å². The van der Waals surface area contributed by atoms with E-state index < -0.39 is 5.60 Å². The summed E-state index contributed by atoms with van der Waals surface area (Å²) in [6, 6.07) is 8.20. The van der Waals surface area contributed by atoms with Crippen molar-refractivity contribution < 1.29 is 9.84 Å². The number of halogens is 1. The van der Waals surface area contributed by atoms with Crippen LogP contribution in [0, 0.1) is 5.41 Å². The van der Waals surface area contributed by atoms with E-state index in [4.69, 9.17) is 4.74 Å². The monoisotopic (exact) mass is 298 g/mol. The summed E-state index contributed by atoms with van der Waals surface area (Å²) in [6.45, 7) is 4.39. The Kier molecular flexibility index (Phi) is 5.91. The number of rotatable bonds is 4.